The largest absolute Gasteiger partial charge is 0.506 e. The first-order valence-corrected chi connectivity index (χ1v) is 6.74. The highest BCUT2D eigenvalue weighted by atomic mass is 127. The number of aromatic hydroxyl groups is 1. The minimum atomic E-state index is -0.541. The molecule has 0 amide bonds. The fraction of sp³-hybridized carbons (Fsp3) is 0.400. The van der Waals surface area contributed by atoms with Crippen LogP contribution in [-0.4, -0.2) is 16.3 Å². The normalized spacial score (nSPS) is 14.1. The summed E-state index contributed by atoms with van der Waals surface area (Å²) in [5.41, 5.74) is 6.76. The Morgan fingerprint density at radius 3 is 2.12 bits per heavy atom. The lowest BCUT2D eigenvalue weighted by atomic mass is 10.0. The molecule has 1 aromatic rings. The van der Waals surface area contributed by atoms with Crippen LogP contribution in [0.25, 0.3) is 0 Å². The molecule has 6 heteroatoms. The molecule has 0 radical (unpaired) electrons. The molecular formula is C10H14ClI2NO2. The number of hydrogen-bond donors (Lipinski definition) is 3. The second-order valence-corrected chi connectivity index (χ2v) is 5.66. The molecule has 0 spiro atoms. The second-order valence-electron chi connectivity index (χ2n) is 3.33. The maximum absolute atomic E-state index is 9.64. The highest BCUT2D eigenvalue weighted by Gasteiger charge is 2.17. The topological polar surface area (TPSA) is 66.5 Å². The van der Waals surface area contributed by atoms with Gasteiger partial charge in [-0.3, -0.25) is 0 Å². The first kappa shape index (κ1) is 16.7. The summed E-state index contributed by atoms with van der Waals surface area (Å²) in [6, 6.07) is 3.22. The first-order chi connectivity index (χ1) is 6.97. The number of halogens is 3. The van der Waals surface area contributed by atoms with Gasteiger partial charge in [-0.1, -0.05) is 6.92 Å². The number of rotatable bonds is 3. The molecule has 0 aliphatic heterocycles. The molecule has 0 saturated heterocycles. The number of phenols is 1. The Hall–Kier alpha value is 0.690. The van der Waals surface area contributed by atoms with Crippen LogP contribution in [0.2, 0.25) is 0 Å². The van der Waals surface area contributed by atoms with Crippen molar-refractivity contribution >= 4 is 57.6 Å². The fourth-order valence-electron chi connectivity index (χ4n) is 1.25. The summed E-state index contributed by atoms with van der Waals surface area (Å²) in [5, 5.41) is 19.2. The summed E-state index contributed by atoms with van der Waals surface area (Å²) in [6.45, 7) is 1.89. The van der Waals surface area contributed by atoms with Crippen molar-refractivity contribution in [2.24, 2.45) is 5.73 Å². The zero-order valence-electron chi connectivity index (χ0n) is 8.65. The third-order valence-corrected chi connectivity index (χ3v) is 3.90. The van der Waals surface area contributed by atoms with Crippen LogP contribution in [-0.2, 0) is 0 Å². The van der Waals surface area contributed by atoms with E-state index in [0.717, 1.165) is 12.7 Å². The molecular weight excluding hydrogens is 455 g/mol. The average molecular weight is 469 g/mol. The number of aliphatic hydroxyl groups is 1. The van der Waals surface area contributed by atoms with Gasteiger partial charge < -0.3 is 15.9 Å². The van der Waals surface area contributed by atoms with Gasteiger partial charge in [0, 0.05) is 0 Å². The molecule has 0 heterocycles. The van der Waals surface area contributed by atoms with Gasteiger partial charge in [-0.05, 0) is 69.3 Å². The van der Waals surface area contributed by atoms with Gasteiger partial charge >= 0.3 is 0 Å². The fourth-order valence-corrected chi connectivity index (χ4v) is 3.07. The van der Waals surface area contributed by atoms with Crippen molar-refractivity contribution < 1.29 is 10.2 Å². The number of phenolic OH excluding ortho intramolecular Hbond substituents is 1. The van der Waals surface area contributed by atoms with Gasteiger partial charge in [0.1, 0.15) is 5.75 Å². The van der Waals surface area contributed by atoms with E-state index in [-0.39, 0.29) is 18.2 Å². The van der Waals surface area contributed by atoms with E-state index in [9.17, 15) is 10.2 Å². The van der Waals surface area contributed by atoms with Gasteiger partial charge in [0.05, 0.1) is 19.3 Å². The Kier molecular flexibility index (Phi) is 7.51. The summed E-state index contributed by atoms with van der Waals surface area (Å²) in [6.07, 6.45) is 0.0796. The van der Waals surface area contributed by atoms with Gasteiger partial charge in [0.25, 0.3) is 0 Å². The zero-order valence-corrected chi connectivity index (χ0v) is 13.8. The molecule has 1 aromatic carbocycles. The third-order valence-electron chi connectivity index (χ3n) is 2.26. The molecule has 0 saturated carbocycles. The summed E-state index contributed by atoms with van der Waals surface area (Å²) in [5.74, 6) is 0.276. The molecule has 1 rings (SSSR count). The summed E-state index contributed by atoms with van der Waals surface area (Å²) in [7, 11) is 0. The van der Waals surface area contributed by atoms with Crippen molar-refractivity contribution in [1.82, 2.24) is 0 Å². The summed E-state index contributed by atoms with van der Waals surface area (Å²) >= 11 is 4.10. The molecule has 0 unspecified atom stereocenters. The SMILES string of the molecule is CC[C@H](O)[C@H](N)c1cc(I)c(O)c(I)c1.Cl. The first-order valence-electron chi connectivity index (χ1n) is 4.59. The number of aliphatic hydroxyl groups excluding tert-OH is 1. The van der Waals surface area contributed by atoms with Crippen molar-refractivity contribution in [1.29, 1.82) is 0 Å². The van der Waals surface area contributed by atoms with Crippen LogP contribution >= 0.6 is 57.6 Å². The average Bonchev–Trinajstić information content (AvgIpc) is 2.23. The van der Waals surface area contributed by atoms with E-state index >= 15 is 0 Å². The van der Waals surface area contributed by atoms with Gasteiger partial charge in [-0.25, -0.2) is 0 Å². The highest BCUT2D eigenvalue weighted by molar-refractivity contribution is 14.1. The standard InChI is InChI=1S/C10H13I2NO2.ClH/c1-2-8(14)9(13)5-3-6(11)10(15)7(12)4-5;/h3-4,8-9,14-15H,2,13H2,1H3;1H/t8-,9+;/m0./s1. The number of benzene rings is 1. The molecule has 16 heavy (non-hydrogen) atoms. The molecule has 3 nitrogen and oxygen atoms in total. The minimum Gasteiger partial charge on any atom is -0.506 e. The van der Waals surface area contributed by atoms with E-state index in [1.54, 1.807) is 0 Å². The van der Waals surface area contributed by atoms with Crippen molar-refractivity contribution in [2.75, 3.05) is 0 Å². The Bertz CT molecular complexity index is 340. The molecule has 0 aliphatic rings. The van der Waals surface area contributed by atoms with Crippen LogP contribution in [0.3, 0.4) is 0 Å². The van der Waals surface area contributed by atoms with Gasteiger partial charge in [0.15, 0.2) is 0 Å². The monoisotopic (exact) mass is 469 g/mol. The van der Waals surface area contributed by atoms with Crippen molar-refractivity contribution in [2.45, 2.75) is 25.5 Å². The van der Waals surface area contributed by atoms with Crippen LogP contribution in [0.4, 0.5) is 0 Å². The number of hydrogen-bond acceptors (Lipinski definition) is 3. The molecule has 2 atom stereocenters. The van der Waals surface area contributed by atoms with Crippen molar-refractivity contribution in [3.63, 3.8) is 0 Å². The quantitative estimate of drug-likeness (QED) is 0.597. The van der Waals surface area contributed by atoms with Gasteiger partial charge in [0.2, 0.25) is 0 Å². The van der Waals surface area contributed by atoms with Gasteiger partial charge in [-0.2, -0.15) is 0 Å². The number of nitrogens with two attached hydrogens (primary N) is 1. The molecule has 0 fully saturated rings. The van der Waals surface area contributed by atoms with E-state index in [2.05, 4.69) is 45.2 Å². The van der Waals surface area contributed by atoms with Crippen LogP contribution in [0.15, 0.2) is 12.1 Å². The maximum Gasteiger partial charge on any atom is 0.142 e. The Morgan fingerprint density at radius 2 is 1.75 bits per heavy atom. The zero-order chi connectivity index (χ0) is 11.6. The molecule has 4 N–H and O–H groups in total. The Balaban J connectivity index is 0.00000225. The summed E-state index contributed by atoms with van der Waals surface area (Å²) in [4.78, 5) is 0. The summed E-state index contributed by atoms with van der Waals surface area (Å²) < 4.78 is 1.52. The molecule has 0 bridgehead atoms. The Labute approximate surface area is 128 Å². The lowest BCUT2D eigenvalue weighted by molar-refractivity contribution is 0.140. The van der Waals surface area contributed by atoms with E-state index in [4.69, 9.17) is 5.73 Å². The van der Waals surface area contributed by atoms with Crippen molar-refractivity contribution in [3.8, 4) is 5.75 Å². The predicted molar refractivity (Wildman–Crippen MR) is 84.0 cm³/mol. The van der Waals surface area contributed by atoms with Crippen LogP contribution in [0.1, 0.15) is 24.9 Å². The second kappa shape index (κ2) is 7.20. The van der Waals surface area contributed by atoms with Crippen LogP contribution in [0, 0.1) is 7.14 Å². The highest BCUT2D eigenvalue weighted by Crippen LogP contribution is 2.30. The van der Waals surface area contributed by atoms with Crippen LogP contribution < -0.4 is 5.73 Å². The van der Waals surface area contributed by atoms with E-state index in [1.807, 2.05) is 19.1 Å². The minimum absolute atomic E-state index is 0. The molecule has 0 aliphatic carbocycles. The molecule has 0 aromatic heterocycles. The maximum atomic E-state index is 9.64. The lowest BCUT2D eigenvalue weighted by Crippen LogP contribution is -2.25. The molecule has 92 valence electrons. The van der Waals surface area contributed by atoms with E-state index in [1.165, 1.54) is 0 Å². The van der Waals surface area contributed by atoms with E-state index in [0.29, 0.717) is 6.42 Å². The smallest absolute Gasteiger partial charge is 0.142 e. The van der Waals surface area contributed by atoms with Gasteiger partial charge in [-0.15, -0.1) is 12.4 Å². The Morgan fingerprint density at radius 1 is 1.31 bits per heavy atom. The third kappa shape index (κ3) is 3.86. The lowest BCUT2D eigenvalue weighted by Gasteiger charge is -2.18. The van der Waals surface area contributed by atoms with Crippen LogP contribution in [0.5, 0.6) is 5.75 Å². The van der Waals surface area contributed by atoms with Crippen molar-refractivity contribution in [3.05, 3.63) is 24.8 Å². The van der Waals surface area contributed by atoms with E-state index < -0.39 is 12.1 Å². The predicted octanol–water partition coefficient (Wildman–Crippen LogP) is 2.79.